The number of ether oxygens (including phenoxy) is 1. The molecule has 2 amide bonds. The molecule has 1 aromatic carbocycles. The molecule has 1 aromatic rings. The van der Waals surface area contributed by atoms with E-state index < -0.39 is 0 Å². The van der Waals surface area contributed by atoms with Crippen molar-refractivity contribution in [2.24, 2.45) is 5.92 Å². The molecule has 0 heterocycles. The summed E-state index contributed by atoms with van der Waals surface area (Å²) in [6, 6.07) is 4.70. The summed E-state index contributed by atoms with van der Waals surface area (Å²) in [6.07, 6.45) is 0. The molecule has 22 heavy (non-hydrogen) atoms. The molecule has 0 aliphatic carbocycles. The maximum Gasteiger partial charge on any atom is 0.257 e. The van der Waals surface area contributed by atoms with Crippen LogP contribution in [-0.2, 0) is 9.59 Å². The van der Waals surface area contributed by atoms with Gasteiger partial charge in [0.05, 0.1) is 5.69 Å². The third-order valence-electron chi connectivity index (χ3n) is 2.77. The van der Waals surface area contributed by atoms with E-state index in [4.69, 9.17) is 4.74 Å². The Morgan fingerprint density at radius 1 is 1.18 bits per heavy atom. The van der Waals surface area contributed by atoms with Crippen molar-refractivity contribution in [3.05, 3.63) is 23.8 Å². The molecule has 6 nitrogen and oxygen atoms in total. The van der Waals surface area contributed by atoms with E-state index in [-0.39, 0.29) is 24.2 Å². The van der Waals surface area contributed by atoms with Crippen LogP contribution in [0.15, 0.2) is 18.2 Å². The lowest BCUT2D eigenvalue weighted by molar-refractivity contribution is -0.123. The molecule has 120 valence electrons. The summed E-state index contributed by atoms with van der Waals surface area (Å²) < 4.78 is 5.44. The zero-order chi connectivity index (χ0) is 16.7. The van der Waals surface area contributed by atoms with Gasteiger partial charge in [0.1, 0.15) is 5.75 Å². The van der Waals surface area contributed by atoms with Crippen molar-refractivity contribution in [3.63, 3.8) is 0 Å². The van der Waals surface area contributed by atoms with Crippen LogP contribution >= 0.6 is 0 Å². The monoisotopic (exact) mass is 306 g/mol. The van der Waals surface area contributed by atoms with Gasteiger partial charge in [0.15, 0.2) is 12.4 Å². The lowest BCUT2D eigenvalue weighted by atomic mass is 10.1. The second-order valence-electron chi connectivity index (χ2n) is 5.43. The van der Waals surface area contributed by atoms with Crippen molar-refractivity contribution in [2.75, 3.05) is 18.5 Å². The molecule has 0 unspecified atom stereocenters. The number of rotatable bonds is 7. The fourth-order valence-corrected chi connectivity index (χ4v) is 1.67. The third kappa shape index (κ3) is 5.95. The smallest absolute Gasteiger partial charge is 0.257 e. The van der Waals surface area contributed by atoms with Crippen LogP contribution in [0.1, 0.15) is 38.1 Å². The number of benzene rings is 1. The van der Waals surface area contributed by atoms with Crippen LogP contribution in [0, 0.1) is 5.92 Å². The fourth-order valence-electron chi connectivity index (χ4n) is 1.67. The van der Waals surface area contributed by atoms with E-state index in [2.05, 4.69) is 10.6 Å². The lowest BCUT2D eigenvalue weighted by Gasteiger charge is -2.13. The van der Waals surface area contributed by atoms with Gasteiger partial charge in [0.25, 0.3) is 5.91 Å². The van der Waals surface area contributed by atoms with E-state index >= 15 is 0 Å². The van der Waals surface area contributed by atoms with Crippen LogP contribution in [-0.4, -0.2) is 30.7 Å². The Morgan fingerprint density at radius 2 is 1.86 bits per heavy atom. The minimum absolute atomic E-state index is 0.122. The summed E-state index contributed by atoms with van der Waals surface area (Å²) in [4.78, 5) is 34.3. The second-order valence-corrected chi connectivity index (χ2v) is 5.43. The highest BCUT2D eigenvalue weighted by molar-refractivity contribution is 5.96. The zero-order valence-electron chi connectivity index (χ0n) is 13.4. The Balaban J connectivity index is 2.80. The van der Waals surface area contributed by atoms with Crippen LogP contribution in [0.5, 0.6) is 5.75 Å². The number of anilines is 1. The fraction of sp³-hybridized carbons (Fsp3) is 0.438. The molecule has 0 aliphatic heterocycles. The molecule has 0 aliphatic rings. The van der Waals surface area contributed by atoms with Gasteiger partial charge in [-0.1, -0.05) is 13.8 Å². The number of ketones is 1. The summed E-state index contributed by atoms with van der Waals surface area (Å²) in [5.74, 6) is 0.00593. The van der Waals surface area contributed by atoms with Crippen LogP contribution in [0.4, 0.5) is 5.69 Å². The van der Waals surface area contributed by atoms with Crippen molar-refractivity contribution in [1.82, 2.24) is 5.32 Å². The van der Waals surface area contributed by atoms with Gasteiger partial charge in [-0.05, 0) is 31.0 Å². The standard InChI is InChI=1S/C16H22N2O4/c1-10(2)8-17-16(21)9-22-15-7-13(11(3)19)5-6-14(15)18-12(4)20/h5-7,10H,8-9H2,1-4H3,(H,17,21)(H,18,20). The van der Waals surface area contributed by atoms with E-state index in [0.29, 0.717) is 29.5 Å². The van der Waals surface area contributed by atoms with Gasteiger partial charge in [0.2, 0.25) is 5.91 Å². The Labute approximate surface area is 130 Å². The summed E-state index contributed by atoms with van der Waals surface area (Å²) in [5, 5.41) is 5.34. The van der Waals surface area contributed by atoms with E-state index in [0.717, 1.165) is 0 Å². The number of nitrogens with one attached hydrogen (secondary N) is 2. The van der Waals surface area contributed by atoms with E-state index in [9.17, 15) is 14.4 Å². The Bertz CT molecular complexity index is 567. The first kappa shape index (κ1) is 17.7. The topological polar surface area (TPSA) is 84.5 Å². The minimum atomic E-state index is -0.260. The average Bonchev–Trinajstić information content (AvgIpc) is 2.43. The second kappa shape index (κ2) is 8.17. The summed E-state index contributed by atoms with van der Waals surface area (Å²) in [5.41, 5.74) is 0.876. The van der Waals surface area contributed by atoms with Crippen LogP contribution in [0.2, 0.25) is 0 Å². The molecule has 0 aromatic heterocycles. The SMILES string of the molecule is CC(=O)Nc1ccc(C(C)=O)cc1OCC(=O)NCC(C)C. The average molecular weight is 306 g/mol. The third-order valence-corrected chi connectivity index (χ3v) is 2.77. The highest BCUT2D eigenvalue weighted by Gasteiger charge is 2.11. The highest BCUT2D eigenvalue weighted by Crippen LogP contribution is 2.26. The number of carbonyl (C=O) groups excluding carboxylic acids is 3. The number of hydrogen-bond donors (Lipinski definition) is 2. The quantitative estimate of drug-likeness (QED) is 0.755. The summed E-state index contributed by atoms with van der Waals surface area (Å²) >= 11 is 0. The molecule has 6 heteroatoms. The molecule has 0 bridgehead atoms. The maximum atomic E-state index is 11.7. The molecule has 0 atom stereocenters. The first-order chi connectivity index (χ1) is 10.3. The van der Waals surface area contributed by atoms with Crippen LogP contribution in [0.25, 0.3) is 0 Å². The van der Waals surface area contributed by atoms with Crippen LogP contribution in [0.3, 0.4) is 0 Å². The Morgan fingerprint density at radius 3 is 2.41 bits per heavy atom. The highest BCUT2D eigenvalue weighted by atomic mass is 16.5. The first-order valence-electron chi connectivity index (χ1n) is 7.11. The van der Waals surface area contributed by atoms with Crippen molar-refractivity contribution in [1.29, 1.82) is 0 Å². The lowest BCUT2D eigenvalue weighted by Crippen LogP contribution is -2.31. The van der Waals surface area contributed by atoms with Gasteiger partial charge in [-0.15, -0.1) is 0 Å². The predicted molar refractivity (Wildman–Crippen MR) is 84.1 cm³/mol. The van der Waals surface area contributed by atoms with Crippen LogP contribution < -0.4 is 15.4 Å². The number of carbonyl (C=O) groups is 3. The summed E-state index contributed by atoms with van der Waals surface area (Å²) in [6.45, 7) is 7.18. The number of hydrogen-bond acceptors (Lipinski definition) is 4. The van der Waals surface area contributed by atoms with Gasteiger partial charge >= 0.3 is 0 Å². The zero-order valence-corrected chi connectivity index (χ0v) is 13.4. The van der Waals surface area contributed by atoms with Gasteiger partial charge in [0, 0.05) is 19.0 Å². The molecule has 2 N–H and O–H groups in total. The Kier molecular flexibility index (Phi) is 6.56. The Hall–Kier alpha value is -2.37. The number of Topliss-reactive ketones (excluding diaryl/α,β-unsaturated/α-hetero) is 1. The normalized spacial score (nSPS) is 10.2. The maximum absolute atomic E-state index is 11.7. The number of amides is 2. The van der Waals surface area contributed by atoms with E-state index in [1.807, 2.05) is 13.8 Å². The molecular formula is C16H22N2O4. The van der Waals surface area contributed by atoms with Gasteiger partial charge in [-0.2, -0.15) is 0 Å². The largest absolute Gasteiger partial charge is 0.482 e. The first-order valence-corrected chi connectivity index (χ1v) is 7.11. The summed E-state index contributed by atoms with van der Waals surface area (Å²) in [7, 11) is 0. The van der Waals surface area contributed by atoms with Crippen molar-refractivity contribution < 1.29 is 19.1 Å². The molecule has 0 radical (unpaired) electrons. The molecule has 1 rings (SSSR count). The minimum Gasteiger partial charge on any atom is -0.482 e. The molecular weight excluding hydrogens is 284 g/mol. The van der Waals surface area contributed by atoms with Crippen molar-refractivity contribution in [3.8, 4) is 5.75 Å². The van der Waals surface area contributed by atoms with Gasteiger partial charge < -0.3 is 15.4 Å². The van der Waals surface area contributed by atoms with E-state index in [1.165, 1.54) is 19.9 Å². The van der Waals surface area contributed by atoms with Gasteiger partial charge in [-0.25, -0.2) is 0 Å². The van der Waals surface area contributed by atoms with Crippen molar-refractivity contribution in [2.45, 2.75) is 27.7 Å². The molecule has 0 spiro atoms. The molecule has 0 fully saturated rings. The predicted octanol–water partition coefficient (Wildman–Crippen LogP) is 2.00. The van der Waals surface area contributed by atoms with Crippen molar-refractivity contribution >= 4 is 23.3 Å². The van der Waals surface area contributed by atoms with E-state index in [1.54, 1.807) is 12.1 Å². The van der Waals surface area contributed by atoms with Gasteiger partial charge in [-0.3, -0.25) is 14.4 Å². The molecule has 0 saturated carbocycles. The molecule has 0 saturated heterocycles.